The molecule has 2 aliphatic rings. The largest absolute Gasteiger partial charge is 0.454 e. The lowest BCUT2D eigenvalue weighted by atomic mass is 9.75. The highest BCUT2D eigenvalue weighted by atomic mass is 79.9. The van der Waals surface area contributed by atoms with E-state index in [0.29, 0.717) is 17.3 Å². The smallest absolute Gasteiger partial charge is 0.231 e. The molecule has 8 nitrogen and oxygen atoms in total. The van der Waals surface area contributed by atoms with Crippen molar-refractivity contribution in [1.29, 1.82) is 0 Å². The fourth-order valence-corrected chi connectivity index (χ4v) is 6.85. The summed E-state index contributed by atoms with van der Waals surface area (Å²) in [5, 5.41) is 4.61. The predicted octanol–water partition coefficient (Wildman–Crippen LogP) is 5.00. The lowest BCUT2D eigenvalue weighted by Gasteiger charge is -2.46. The molecule has 1 saturated heterocycles. The second-order valence-corrected chi connectivity index (χ2v) is 12.0. The molecule has 176 valence electrons. The van der Waals surface area contributed by atoms with Gasteiger partial charge in [-0.25, -0.2) is 15.0 Å². The maximum Gasteiger partial charge on any atom is 0.231 e. The Balaban J connectivity index is 1.46. The van der Waals surface area contributed by atoms with E-state index in [4.69, 9.17) is 20.2 Å². The van der Waals surface area contributed by atoms with Gasteiger partial charge in [-0.15, -0.1) is 0 Å². The molecule has 1 aromatic carbocycles. The van der Waals surface area contributed by atoms with E-state index in [1.165, 1.54) is 6.33 Å². The Morgan fingerprint density at radius 1 is 1.15 bits per heavy atom. The van der Waals surface area contributed by atoms with Crippen molar-refractivity contribution in [3.63, 3.8) is 0 Å². The van der Waals surface area contributed by atoms with Crippen LogP contribution in [0.1, 0.15) is 47.0 Å². The number of hydrogen-bond acceptors (Lipinski definition) is 8. The summed E-state index contributed by atoms with van der Waals surface area (Å²) in [4.78, 5) is 14.5. The van der Waals surface area contributed by atoms with Crippen LogP contribution < -0.4 is 20.5 Å². The quantitative estimate of drug-likeness (QED) is 0.473. The molecule has 5 rings (SSSR count). The van der Waals surface area contributed by atoms with Crippen molar-refractivity contribution in [3.05, 3.63) is 22.9 Å². The van der Waals surface area contributed by atoms with Crippen molar-refractivity contribution in [3.8, 4) is 11.5 Å². The molecule has 0 amide bonds. The lowest BCUT2D eigenvalue weighted by molar-refractivity contribution is 0.120. The van der Waals surface area contributed by atoms with Gasteiger partial charge in [-0.05, 0) is 80.9 Å². The third-order valence-corrected chi connectivity index (χ3v) is 8.16. The molecule has 33 heavy (non-hydrogen) atoms. The average Bonchev–Trinajstić information content (AvgIpc) is 3.29. The molecule has 3 N–H and O–H groups in total. The Kier molecular flexibility index (Phi) is 5.73. The molecular weight excluding hydrogens is 504 g/mol. The van der Waals surface area contributed by atoms with Crippen LogP contribution >= 0.6 is 27.7 Å². The van der Waals surface area contributed by atoms with Gasteiger partial charge in [0.1, 0.15) is 6.33 Å². The van der Waals surface area contributed by atoms with Gasteiger partial charge < -0.3 is 25.1 Å². The molecule has 2 aliphatic heterocycles. The monoisotopic (exact) mass is 532 g/mol. The lowest BCUT2D eigenvalue weighted by Crippen LogP contribution is -2.57. The third-order valence-electron chi connectivity index (χ3n) is 6.19. The SMILES string of the molecule is CC1(C)CC(CCn2c(Sc3cc4c(cc3Br)OCO4)nc3c(N)ncnc32)CC(C)(C)N1. The molecule has 0 atom stereocenters. The van der Waals surface area contributed by atoms with E-state index in [1.807, 2.05) is 12.1 Å². The Morgan fingerprint density at radius 2 is 1.85 bits per heavy atom. The maximum absolute atomic E-state index is 6.16. The van der Waals surface area contributed by atoms with Gasteiger partial charge >= 0.3 is 0 Å². The Bertz CT molecular complexity index is 1200. The zero-order chi connectivity index (χ0) is 23.4. The Morgan fingerprint density at radius 3 is 2.58 bits per heavy atom. The van der Waals surface area contributed by atoms with E-state index in [2.05, 4.69) is 63.5 Å². The van der Waals surface area contributed by atoms with Gasteiger partial charge in [0.05, 0.1) is 0 Å². The van der Waals surface area contributed by atoms with Gasteiger partial charge in [-0.1, -0.05) is 11.8 Å². The number of aryl methyl sites for hydroxylation is 1. The van der Waals surface area contributed by atoms with E-state index in [0.717, 1.165) is 57.5 Å². The van der Waals surface area contributed by atoms with Crippen molar-refractivity contribution in [2.45, 2.75) is 74.6 Å². The van der Waals surface area contributed by atoms with E-state index in [-0.39, 0.29) is 17.9 Å². The number of piperidine rings is 1. The number of fused-ring (bicyclic) bond motifs is 2. The highest BCUT2D eigenvalue weighted by Gasteiger charge is 2.37. The number of halogens is 1. The summed E-state index contributed by atoms with van der Waals surface area (Å²) in [7, 11) is 0. The van der Waals surface area contributed by atoms with E-state index < -0.39 is 0 Å². The molecule has 4 heterocycles. The molecule has 0 saturated carbocycles. The van der Waals surface area contributed by atoms with Gasteiger partial charge in [0, 0.05) is 27.0 Å². The summed E-state index contributed by atoms with van der Waals surface area (Å²) in [6, 6.07) is 3.92. The van der Waals surface area contributed by atoms with E-state index in [9.17, 15) is 0 Å². The number of anilines is 1. The second-order valence-electron chi connectivity index (χ2n) is 10.2. The first-order chi connectivity index (χ1) is 15.6. The topological polar surface area (TPSA) is 100 Å². The summed E-state index contributed by atoms with van der Waals surface area (Å²) < 4.78 is 14.2. The van der Waals surface area contributed by atoms with Crippen molar-refractivity contribution < 1.29 is 9.47 Å². The van der Waals surface area contributed by atoms with Crippen LogP contribution in [0, 0.1) is 5.92 Å². The molecule has 2 aromatic heterocycles. The first-order valence-corrected chi connectivity index (χ1v) is 12.7. The number of nitrogens with two attached hydrogens (primary N) is 1. The Hall–Kier alpha value is -2.04. The molecule has 10 heteroatoms. The molecule has 3 aromatic rings. The van der Waals surface area contributed by atoms with E-state index >= 15 is 0 Å². The number of aromatic nitrogens is 4. The third kappa shape index (κ3) is 4.65. The molecule has 0 unspecified atom stereocenters. The van der Waals surface area contributed by atoms with Crippen LogP contribution in [0.2, 0.25) is 0 Å². The van der Waals surface area contributed by atoms with Gasteiger partial charge in [0.2, 0.25) is 6.79 Å². The average molecular weight is 533 g/mol. The zero-order valence-electron chi connectivity index (χ0n) is 19.3. The summed E-state index contributed by atoms with van der Waals surface area (Å²) in [6.45, 7) is 10.2. The van der Waals surface area contributed by atoms with Crippen molar-refractivity contribution in [2.24, 2.45) is 5.92 Å². The van der Waals surface area contributed by atoms with Crippen molar-refractivity contribution >= 4 is 44.7 Å². The molecule has 0 spiro atoms. The van der Waals surface area contributed by atoms with Crippen LogP contribution in [-0.2, 0) is 6.54 Å². The van der Waals surface area contributed by atoms with Crippen LogP contribution in [0.3, 0.4) is 0 Å². The zero-order valence-corrected chi connectivity index (χ0v) is 21.7. The summed E-state index contributed by atoms with van der Waals surface area (Å²) in [6.07, 6.45) is 4.82. The van der Waals surface area contributed by atoms with Crippen molar-refractivity contribution in [1.82, 2.24) is 24.8 Å². The molecular formula is C23H29BrN6O2S. The highest BCUT2D eigenvalue weighted by molar-refractivity contribution is 9.10. The highest BCUT2D eigenvalue weighted by Crippen LogP contribution is 2.43. The number of nitrogens with zero attached hydrogens (tertiary/aromatic N) is 4. The Labute approximate surface area is 206 Å². The van der Waals surface area contributed by atoms with Gasteiger partial charge in [0.15, 0.2) is 33.6 Å². The number of nitrogens with one attached hydrogen (secondary N) is 1. The van der Waals surface area contributed by atoms with Crippen LogP contribution in [0.25, 0.3) is 11.2 Å². The van der Waals surface area contributed by atoms with Crippen LogP contribution in [0.4, 0.5) is 5.82 Å². The van der Waals surface area contributed by atoms with Crippen LogP contribution in [0.5, 0.6) is 11.5 Å². The summed E-state index contributed by atoms with van der Waals surface area (Å²) in [5.41, 5.74) is 7.80. The number of hydrogen-bond donors (Lipinski definition) is 2. The number of ether oxygens (including phenoxy) is 2. The minimum absolute atomic E-state index is 0.116. The number of nitrogen functional groups attached to an aromatic ring is 1. The molecule has 1 fully saturated rings. The second kappa shape index (κ2) is 8.32. The normalized spacial score (nSPS) is 19.3. The summed E-state index contributed by atoms with van der Waals surface area (Å²) >= 11 is 5.22. The van der Waals surface area contributed by atoms with Gasteiger partial charge in [-0.2, -0.15) is 0 Å². The van der Waals surface area contributed by atoms with Gasteiger partial charge in [0.25, 0.3) is 0 Å². The minimum atomic E-state index is 0.116. The molecule has 0 radical (unpaired) electrons. The van der Waals surface area contributed by atoms with Gasteiger partial charge in [-0.3, -0.25) is 0 Å². The summed E-state index contributed by atoms with van der Waals surface area (Å²) in [5.74, 6) is 2.48. The van der Waals surface area contributed by atoms with Crippen molar-refractivity contribution in [2.75, 3.05) is 12.5 Å². The minimum Gasteiger partial charge on any atom is -0.454 e. The first kappa shape index (κ1) is 22.7. The standard InChI is InChI=1S/C23H29BrN6O2S/c1-22(2)9-13(10-23(3,4)29-22)5-6-30-20-18(19(25)26-11-27-20)28-21(30)33-17-8-16-15(7-14(17)24)31-12-32-16/h7-8,11,13,29H,5-6,9-10,12H2,1-4H3,(H2,25,26,27). The number of benzene rings is 1. The van der Waals surface area contributed by atoms with Crippen LogP contribution in [-0.4, -0.2) is 37.4 Å². The molecule has 0 bridgehead atoms. The predicted molar refractivity (Wildman–Crippen MR) is 133 cm³/mol. The fourth-order valence-electron chi connectivity index (χ4n) is 5.34. The van der Waals surface area contributed by atoms with E-state index in [1.54, 1.807) is 11.8 Å². The fraction of sp³-hybridized carbons (Fsp3) is 0.522. The first-order valence-electron chi connectivity index (χ1n) is 11.1. The van der Waals surface area contributed by atoms with Crippen LogP contribution in [0.15, 0.2) is 33.0 Å². The maximum atomic E-state index is 6.16. The molecule has 0 aliphatic carbocycles. The number of imidazole rings is 1. The number of rotatable bonds is 5.